The van der Waals surface area contributed by atoms with Crippen molar-refractivity contribution >= 4 is 0 Å². The highest BCUT2D eigenvalue weighted by Gasteiger charge is 2.32. The van der Waals surface area contributed by atoms with E-state index in [9.17, 15) is 9.50 Å². The second-order valence-corrected chi connectivity index (χ2v) is 4.98. The number of nitrogens with two attached hydrogens (primary N) is 1. The number of phenolic OH excluding ortho intramolecular Hbond substituents is 1. The largest absolute Gasteiger partial charge is 0.505 e. The predicted molar refractivity (Wildman–Crippen MR) is 65.3 cm³/mol. The fourth-order valence-electron chi connectivity index (χ4n) is 2.66. The maximum atomic E-state index is 13.5. The van der Waals surface area contributed by atoms with Crippen molar-refractivity contribution in [2.24, 2.45) is 11.7 Å². The van der Waals surface area contributed by atoms with E-state index in [1.54, 1.807) is 0 Å². The molecule has 1 saturated heterocycles. The van der Waals surface area contributed by atoms with E-state index in [0.29, 0.717) is 18.0 Å². The van der Waals surface area contributed by atoms with Gasteiger partial charge in [0.05, 0.1) is 0 Å². The third-order valence-corrected chi connectivity index (χ3v) is 3.56. The van der Waals surface area contributed by atoms with Crippen LogP contribution in [0.2, 0.25) is 0 Å². The van der Waals surface area contributed by atoms with E-state index >= 15 is 0 Å². The molecule has 1 aromatic rings. The van der Waals surface area contributed by atoms with Gasteiger partial charge in [-0.15, -0.1) is 0 Å². The summed E-state index contributed by atoms with van der Waals surface area (Å²) in [6, 6.07) is 3.28. The minimum Gasteiger partial charge on any atom is -0.505 e. The molecule has 0 aromatic heterocycles. The second kappa shape index (κ2) is 4.63. The van der Waals surface area contributed by atoms with Crippen LogP contribution >= 0.6 is 0 Å². The number of rotatable bonds is 2. The smallest absolute Gasteiger partial charge is 0.165 e. The lowest BCUT2D eigenvalue weighted by atomic mass is 9.97. The van der Waals surface area contributed by atoms with Crippen molar-refractivity contribution in [3.8, 4) is 5.75 Å². The number of hydrogen-bond donors (Lipinski definition) is 2. The molecule has 0 amide bonds. The van der Waals surface area contributed by atoms with E-state index in [1.165, 1.54) is 6.07 Å². The van der Waals surface area contributed by atoms with Gasteiger partial charge in [0, 0.05) is 18.2 Å². The lowest BCUT2D eigenvalue weighted by molar-refractivity contribution is 0.302. The van der Waals surface area contributed by atoms with Crippen LogP contribution < -0.4 is 5.73 Å². The summed E-state index contributed by atoms with van der Waals surface area (Å²) < 4.78 is 13.5. The molecule has 1 aromatic carbocycles. The van der Waals surface area contributed by atoms with Gasteiger partial charge < -0.3 is 10.8 Å². The Labute approximate surface area is 101 Å². The molecule has 1 heterocycles. The van der Waals surface area contributed by atoms with E-state index in [2.05, 4.69) is 4.90 Å². The van der Waals surface area contributed by atoms with E-state index in [-0.39, 0.29) is 11.8 Å². The summed E-state index contributed by atoms with van der Waals surface area (Å²) in [4.78, 5) is 2.13. The molecule has 1 aliphatic heterocycles. The first-order valence-electron chi connectivity index (χ1n) is 5.92. The molecule has 94 valence electrons. The molecule has 3 N–H and O–H groups in total. The molecule has 0 bridgehead atoms. The van der Waals surface area contributed by atoms with Gasteiger partial charge in [-0.2, -0.15) is 0 Å². The summed E-state index contributed by atoms with van der Waals surface area (Å²) >= 11 is 0. The van der Waals surface area contributed by atoms with Crippen molar-refractivity contribution in [2.75, 3.05) is 20.1 Å². The first-order valence-corrected chi connectivity index (χ1v) is 5.92. The molecule has 17 heavy (non-hydrogen) atoms. The molecule has 3 nitrogen and oxygen atoms in total. The standard InChI is InChI=1S/C13H19FN2O/c1-8-3-10(13(17)11(14)4-8)12-5-9(6-15)7-16(12)2/h3-4,9,12,17H,5-7,15H2,1-2H3. The monoisotopic (exact) mass is 238 g/mol. The summed E-state index contributed by atoms with van der Waals surface area (Å²) in [5, 5.41) is 9.83. The average Bonchev–Trinajstić information content (AvgIpc) is 2.65. The first-order chi connectivity index (χ1) is 8.02. The average molecular weight is 238 g/mol. The Bertz CT molecular complexity index is 422. The van der Waals surface area contributed by atoms with Gasteiger partial charge >= 0.3 is 0 Å². The molecule has 1 aliphatic rings. The minimum absolute atomic E-state index is 0.0675. The van der Waals surface area contributed by atoms with Gasteiger partial charge in [0.25, 0.3) is 0 Å². The SMILES string of the molecule is Cc1cc(F)c(O)c(C2CC(CN)CN2C)c1. The molecule has 0 aliphatic carbocycles. The summed E-state index contributed by atoms with van der Waals surface area (Å²) in [6.07, 6.45) is 0.878. The van der Waals surface area contributed by atoms with Gasteiger partial charge in [0.2, 0.25) is 0 Å². The van der Waals surface area contributed by atoms with Crippen molar-refractivity contribution in [3.05, 3.63) is 29.1 Å². The topological polar surface area (TPSA) is 49.5 Å². The molecule has 1 fully saturated rings. The number of benzene rings is 1. The van der Waals surface area contributed by atoms with E-state index < -0.39 is 5.82 Å². The zero-order valence-corrected chi connectivity index (χ0v) is 10.3. The van der Waals surface area contributed by atoms with Crippen LogP contribution in [-0.4, -0.2) is 30.1 Å². The van der Waals surface area contributed by atoms with Crippen LogP contribution in [0.5, 0.6) is 5.75 Å². The normalized spacial score (nSPS) is 25.4. The van der Waals surface area contributed by atoms with Crippen LogP contribution in [0, 0.1) is 18.7 Å². The molecule has 0 spiro atoms. The Hall–Kier alpha value is -1.13. The van der Waals surface area contributed by atoms with Crippen LogP contribution in [0.4, 0.5) is 4.39 Å². The third kappa shape index (κ3) is 2.28. The van der Waals surface area contributed by atoms with Crippen molar-refractivity contribution in [1.29, 1.82) is 0 Å². The molecular formula is C13H19FN2O. The highest BCUT2D eigenvalue weighted by Crippen LogP contribution is 2.39. The van der Waals surface area contributed by atoms with Gasteiger partial charge in [-0.3, -0.25) is 4.90 Å². The summed E-state index contributed by atoms with van der Waals surface area (Å²) in [5.74, 6) is -0.331. The van der Waals surface area contributed by atoms with Gasteiger partial charge in [0.1, 0.15) is 0 Å². The van der Waals surface area contributed by atoms with Gasteiger partial charge in [-0.25, -0.2) is 4.39 Å². The Morgan fingerprint density at radius 3 is 2.82 bits per heavy atom. The first kappa shape index (κ1) is 12.3. The van der Waals surface area contributed by atoms with Crippen LogP contribution in [0.25, 0.3) is 0 Å². The Morgan fingerprint density at radius 2 is 2.24 bits per heavy atom. The zero-order chi connectivity index (χ0) is 12.6. The molecule has 4 heteroatoms. The van der Waals surface area contributed by atoms with E-state index in [4.69, 9.17) is 5.73 Å². The van der Waals surface area contributed by atoms with Crippen molar-refractivity contribution in [1.82, 2.24) is 4.90 Å². The lowest BCUT2D eigenvalue weighted by Crippen LogP contribution is -2.20. The number of phenols is 1. The minimum atomic E-state index is -0.537. The number of nitrogens with zero attached hydrogens (tertiary/aromatic N) is 1. The maximum absolute atomic E-state index is 13.5. The summed E-state index contributed by atoms with van der Waals surface area (Å²) in [7, 11) is 1.99. The number of aromatic hydroxyl groups is 1. The van der Waals surface area contributed by atoms with Crippen molar-refractivity contribution in [2.45, 2.75) is 19.4 Å². The predicted octanol–water partition coefficient (Wildman–Crippen LogP) is 1.79. The lowest BCUT2D eigenvalue weighted by Gasteiger charge is -2.21. The third-order valence-electron chi connectivity index (χ3n) is 3.56. The Kier molecular flexibility index (Phi) is 3.35. The fraction of sp³-hybridized carbons (Fsp3) is 0.538. The van der Waals surface area contributed by atoms with Crippen LogP contribution in [-0.2, 0) is 0 Å². The summed E-state index contributed by atoms with van der Waals surface area (Å²) in [6.45, 7) is 3.37. The molecule has 2 rings (SSSR count). The van der Waals surface area contributed by atoms with Gasteiger partial charge in [-0.05, 0) is 44.5 Å². The summed E-state index contributed by atoms with van der Waals surface area (Å²) in [5.41, 5.74) is 7.19. The Morgan fingerprint density at radius 1 is 1.53 bits per heavy atom. The second-order valence-electron chi connectivity index (χ2n) is 4.98. The van der Waals surface area contributed by atoms with Gasteiger partial charge in [0.15, 0.2) is 11.6 Å². The molecule has 0 radical (unpaired) electrons. The zero-order valence-electron chi connectivity index (χ0n) is 10.3. The van der Waals surface area contributed by atoms with Crippen LogP contribution in [0.1, 0.15) is 23.6 Å². The fourth-order valence-corrected chi connectivity index (χ4v) is 2.66. The van der Waals surface area contributed by atoms with Crippen molar-refractivity contribution < 1.29 is 9.50 Å². The number of aryl methyl sites for hydroxylation is 1. The quantitative estimate of drug-likeness (QED) is 0.826. The van der Waals surface area contributed by atoms with Crippen molar-refractivity contribution in [3.63, 3.8) is 0 Å². The highest BCUT2D eigenvalue weighted by molar-refractivity contribution is 5.40. The number of likely N-dealkylation sites (tertiary alicyclic amines) is 1. The van der Waals surface area contributed by atoms with Gasteiger partial charge in [-0.1, -0.05) is 6.07 Å². The highest BCUT2D eigenvalue weighted by atomic mass is 19.1. The Balaban J connectivity index is 2.34. The molecule has 2 atom stereocenters. The van der Waals surface area contributed by atoms with Crippen LogP contribution in [0.15, 0.2) is 12.1 Å². The van der Waals surface area contributed by atoms with Crippen LogP contribution in [0.3, 0.4) is 0 Å². The molecule has 0 saturated carbocycles. The maximum Gasteiger partial charge on any atom is 0.165 e. The molecule has 2 unspecified atom stereocenters. The number of hydrogen-bond acceptors (Lipinski definition) is 3. The molecular weight excluding hydrogens is 219 g/mol. The van der Waals surface area contributed by atoms with E-state index in [0.717, 1.165) is 18.5 Å². The number of halogens is 1. The van der Waals surface area contributed by atoms with E-state index in [1.807, 2.05) is 20.0 Å².